The Morgan fingerprint density at radius 1 is 0.714 bits per heavy atom. The quantitative estimate of drug-likeness (QED) is 0.263. The average molecular weight is 380 g/mol. The summed E-state index contributed by atoms with van der Waals surface area (Å²) in [6, 6.07) is 19.4. The monoisotopic (exact) mass is 379 g/mol. The zero-order chi connectivity index (χ0) is 19.9. The van der Waals surface area contributed by atoms with Crippen LogP contribution in [-0.2, 0) is 0 Å². The Bertz CT molecular complexity index is 638. The third kappa shape index (κ3) is 8.39. The van der Waals surface area contributed by atoms with E-state index in [9.17, 15) is 4.79 Å². The number of hydrogen-bond acceptors (Lipinski definition) is 2. The van der Waals surface area contributed by atoms with Crippen LogP contribution in [-0.4, -0.2) is 12.3 Å². The van der Waals surface area contributed by atoms with Crippen LogP contribution in [0.1, 0.15) is 93.1 Å². The maximum Gasteiger partial charge on any atom is 0.184 e. The van der Waals surface area contributed by atoms with E-state index < -0.39 is 0 Å². The number of Topliss-reactive ketones (excluding diaryl/α,β-unsaturated/α-hetero) is 1. The molecule has 0 heterocycles. The molecule has 1 atom stereocenters. The van der Waals surface area contributed by atoms with Crippen molar-refractivity contribution in [1.29, 1.82) is 0 Å². The summed E-state index contributed by atoms with van der Waals surface area (Å²) in [6.07, 6.45) is 13.3. The highest BCUT2D eigenvalue weighted by molar-refractivity contribution is 6.00. The number of rotatable bonds is 15. The van der Waals surface area contributed by atoms with Gasteiger partial charge in [-0.2, -0.15) is 0 Å². The Hall–Kier alpha value is -1.93. The Morgan fingerprint density at radius 2 is 1.21 bits per heavy atom. The SMILES string of the molecule is CCCCCCCCCCCCN[C@@H](C(=O)c1ccccc1)c1ccccc1. The van der Waals surface area contributed by atoms with Gasteiger partial charge in [-0.15, -0.1) is 0 Å². The first-order valence-corrected chi connectivity index (χ1v) is 11.2. The number of hydrogen-bond donors (Lipinski definition) is 1. The highest BCUT2D eigenvalue weighted by Gasteiger charge is 2.20. The molecule has 28 heavy (non-hydrogen) atoms. The van der Waals surface area contributed by atoms with Crippen molar-refractivity contribution in [3.8, 4) is 0 Å². The molecule has 2 aromatic carbocycles. The van der Waals surface area contributed by atoms with Crippen molar-refractivity contribution in [3.63, 3.8) is 0 Å². The van der Waals surface area contributed by atoms with Crippen LogP contribution in [0.3, 0.4) is 0 Å². The largest absolute Gasteiger partial charge is 0.303 e. The molecule has 0 saturated heterocycles. The molecule has 1 N–H and O–H groups in total. The number of nitrogens with one attached hydrogen (secondary N) is 1. The molecule has 0 saturated carbocycles. The lowest BCUT2D eigenvalue weighted by molar-refractivity contribution is 0.0942. The Balaban J connectivity index is 1.71. The Morgan fingerprint density at radius 3 is 1.79 bits per heavy atom. The number of unbranched alkanes of at least 4 members (excludes halogenated alkanes) is 9. The minimum Gasteiger partial charge on any atom is -0.303 e. The van der Waals surface area contributed by atoms with E-state index >= 15 is 0 Å². The van der Waals surface area contributed by atoms with E-state index in [4.69, 9.17) is 0 Å². The van der Waals surface area contributed by atoms with Gasteiger partial charge in [0.25, 0.3) is 0 Å². The summed E-state index contributed by atoms with van der Waals surface area (Å²) < 4.78 is 0. The lowest BCUT2D eigenvalue weighted by Gasteiger charge is -2.18. The molecular formula is C26H37NO. The third-order valence-electron chi connectivity index (χ3n) is 5.33. The van der Waals surface area contributed by atoms with E-state index in [0.717, 1.165) is 24.1 Å². The van der Waals surface area contributed by atoms with E-state index in [1.54, 1.807) is 0 Å². The van der Waals surface area contributed by atoms with Crippen molar-refractivity contribution in [2.24, 2.45) is 0 Å². The molecule has 0 unspecified atom stereocenters. The van der Waals surface area contributed by atoms with Gasteiger partial charge in [0.1, 0.15) is 0 Å². The number of benzene rings is 2. The smallest absolute Gasteiger partial charge is 0.184 e. The van der Waals surface area contributed by atoms with Gasteiger partial charge in [0.15, 0.2) is 5.78 Å². The zero-order valence-electron chi connectivity index (χ0n) is 17.5. The molecule has 0 aromatic heterocycles. The van der Waals surface area contributed by atoms with Gasteiger partial charge in [0, 0.05) is 5.56 Å². The van der Waals surface area contributed by atoms with Gasteiger partial charge in [-0.25, -0.2) is 0 Å². The summed E-state index contributed by atoms with van der Waals surface area (Å²) in [5.74, 6) is 0.152. The molecule has 0 aliphatic rings. The van der Waals surface area contributed by atoms with Crippen LogP contribution >= 0.6 is 0 Å². The molecule has 0 spiro atoms. The molecule has 0 radical (unpaired) electrons. The van der Waals surface area contributed by atoms with Gasteiger partial charge in [0.2, 0.25) is 0 Å². The highest BCUT2D eigenvalue weighted by atomic mass is 16.1. The summed E-state index contributed by atoms with van der Waals surface area (Å²) in [5, 5.41) is 3.51. The first-order valence-electron chi connectivity index (χ1n) is 11.2. The molecule has 2 heteroatoms. The molecule has 0 bridgehead atoms. The van der Waals surface area contributed by atoms with Crippen molar-refractivity contribution in [2.75, 3.05) is 6.54 Å². The van der Waals surface area contributed by atoms with Crippen LogP contribution in [0.25, 0.3) is 0 Å². The van der Waals surface area contributed by atoms with Gasteiger partial charge >= 0.3 is 0 Å². The van der Waals surface area contributed by atoms with E-state index in [1.165, 1.54) is 57.8 Å². The number of carbonyl (C=O) groups is 1. The van der Waals surface area contributed by atoms with Crippen molar-refractivity contribution >= 4 is 5.78 Å². The van der Waals surface area contributed by atoms with Gasteiger partial charge in [-0.3, -0.25) is 4.79 Å². The van der Waals surface area contributed by atoms with E-state index in [0.29, 0.717) is 0 Å². The van der Waals surface area contributed by atoms with Crippen molar-refractivity contribution in [2.45, 2.75) is 77.2 Å². The summed E-state index contributed by atoms with van der Waals surface area (Å²) >= 11 is 0. The molecule has 0 aliphatic heterocycles. The van der Waals surface area contributed by atoms with Crippen LogP contribution in [0.4, 0.5) is 0 Å². The number of carbonyl (C=O) groups excluding carboxylic acids is 1. The third-order valence-corrected chi connectivity index (χ3v) is 5.33. The summed E-state index contributed by atoms with van der Waals surface area (Å²) in [4.78, 5) is 13.0. The fourth-order valence-electron chi connectivity index (χ4n) is 3.64. The Kier molecular flexibility index (Phi) is 11.3. The second kappa shape index (κ2) is 14.1. The van der Waals surface area contributed by atoms with Gasteiger partial charge in [0.05, 0.1) is 6.04 Å². The maximum atomic E-state index is 13.0. The van der Waals surface area contributed by atoms with Crippen LogP contribution in [0.2, 0.25) is 0 Å². The standard InChI is InChI=1S/C26H37NO/c1-2-3-4-5-6-7-8-9-10-17-22-27-25(23-18-13-11-14-19-23)26(28)24-20-15-12-16-21-24/h11-16,18-21,25,27H,2-10,17,22H2,1H3/t25-/m1/s1. The van der Waals surface area contributed by atoms with E-state index in [-0.39, 0.29) is 11.8 Å². The number of ketones is 1. The predicted molar refractivity (Wildman–Crippen MR) is 120 cm³/mol. The summed E-state index contributed by atoms with van der Waals surface area (Å²) in [7, 11) is 0. The fourth-order valence-corrected chi connectivity index (χ4v) is 3.64. The minimum atomic E-state index is -0.262. The minimum absolute atomic E-state index is 0.152. The highest BCUT2D eigenvalue weighted by Crippen LogP contribution is 2.19. The summed E-state index contributed by atoms with van der Waals surface area (Å²) in [6.45, 7) is 3.15. The molecule has 152 valence electrons. The summed E-state index contributed by atoms with van der Waals surface area (Å²) in [5.41, 5.74) is 1.82. The first-order chi connectivity index (χ1) is 13.8. The molecule has 2 aromatic rings. The molecule has 0 aliphatic carbocycles. The second-order valence-electron chi connectivity index (χ2n) is 7.71. The average Bonchev–Trinajstić information content (AvgIpc) is 2.75. The van der Waals surface area contributed by atoms with Crippen LogP contribution in [0.5, 0.6) is 0 Å². The second-order valence-corrected chi connectivity index (χ2v) is 7.71. The van der Waals surface area contributed by atoms with Crippen molar-refractivity contribution in [3.05, 3.63) is 71.8 Å². The van der Waals surface area contributed by atoms with E-state index in [2.05, 4.69) is 12.2 Å². The molecule has 0 fully saturated rings. The predicted octanol–water partition coefficient (Wildman–Crippen LogP) is 7.12. The van der Waals surface area contributed by atoms with Crippen molar-refractivity contribution < 1.29 is 4.79 Å². The van der Waals surface area contributed by atoms with Crippen molar-refractivity contribution in [1.82, 2.24) is 5.32 Å². The normalized spacial score (nSPS) is 12.0. The molecule has 2 rings (SSSR count). The zero-order valence-corrected chi connectivity index (χ0v) is 17.5. The van der Waals surface area contributed by atoms with Gasteiger partial charge in [-0.1, -0.05) is 125 Å². The van der Waals surface area contributed by atoms with Gasteiger partial charge in [-0.05, 0) is 18.5 Å². The maximum absolute atomic E-state index is 13.0. The van der Waals surface area contributed by atoms with Crippen LogP contribution in [0.15, 0.2) is 60.7 Å². The topological polar surface area (TPSA) is 29.1 Å². The Labute approximate surface area is 171 Å². The van der Waals surface area contributed by atoms with Crippen LogP contribution in [0, 0.1) is 0 Å². The lowest BCUT2D eigenvalue weighted by atomic mass is 9.97. The van der Waals surface area contributed by atoms with Crippen LogP contribution < -0.4 is 5.32 Å². The lowest BCUT2D eigenvalue weighted by Crippen LogP contribution is -2.29. The van der Waals surface area contributed by atoms with E-state index in [1.807, 2.05) is 60.7 Å². The molecule has 0 amide bonds. The van der Waals surface area contributed by atoms with Gasteiger partial charge < -0.3 is 5.32 Å². The molecule has 2 nitrogen and oxygen atoms in total. The fraction of sp³-hybridized carbons (Fsp3) is 0.500. The first kappa shape index (κ1) is 22.4. The molecular weight excluding hydrogens is 342 g/mol.